The summed E-state index contributed by atoms with van der Waals surface area (Å²) in [4.78, 5) is 18.5. The number of carbonyl (C=O) groups is 1. The Morgan fingerprint density at radius 3 is 2.76 bits per heavy atom. The van der Waals surface area contributed by atoms with Crippen LogP contribution in [0.15, 0.2) is 28.8 Å². The lowest BCUT2D eigenvalue weighted by Gasteiger charge is -2.15. The zero-order chi connectivity index (χ0) is 18.0. The van der Waals surface area contributed by atoms with Crippen LogP contribution in [0.4, 0.5) is 4.79 Å². The molecule has 134 valence electrons. The number of nitrogens with one attached hydrogen (secondary N) is 2. The summed E-state index contributed by atoms with van der Waals surface area (Å²) < 4.78 is 5.46. The van der Waals surface area contributed by atoms with E-state index >= 15 is 0 Å². The van der Waals surface area contributed by atoms with E-state index in [1.165, 1.54) is 0 Å². The van der Waals surface area contributed by atoms with E-state index in [9.17, 15) is 4.79 Å². The molecule has 2 atom stereocenters. The highest BCUT2D eigenvalue weighted by Crippen LogP contribution is 2.31. The zero-order valence-electron chi connectivity index (χ0n) is 14.5. The van der Waals surface area contributed by atoms with Crippen molar-refractivity contribution in [2.45, 2.75) is 38.4 Å². The minimum absolute atomic E-state index is 0.0158. The van der Waals surface area contributed by atoms with Crippen LogP contribution in [0.2, 0.25) is 5.02 Å². The summed E-state index contributed by atoms with van der Waals surface area (Å²) in [5, 5.41) is 10.6. The number of nitrogens with zero attached hydrogens (tertiary/aromatic N) is 3. The van der Waals surface area contributed by atoms with E-state index < -0.39 is 0 Å². The highest BCUT2D eigenvalue weighted by molar-refractivity contribution is 6.30. The molecule has 2 N–H and O–H groups in total. The van der Waals surface area contributed by atoms with Crippen LogP contribution in [0.3, 0.4) is 0 Å². The maximum absolute atomic E-state index is 11.9. The van der Waals surface area contributed by atoms with E-state index in [4.69, 9.17) is 16.1 Å². The predicted molar refractivity (Wildman–Crippen MR) is 95.3 cm³/mol. The van der Waals surface area contributed by atoms with Crippen molar-refractivity contribution >= 4 is 17.6 Å². The Morgan fingerprint density at radius 1 is 1.36 bits per heavy atom. The maximum Gasteiger partial charge on any atom is 0.315 e. The van der Waals surface area contributed by atoms with Crippen LogP contribution in [-0.2, 0) is 0 Å². The lowest BCUT2D eigenvalue weighted by atomic mass is 10.1. The molecule has 1 aliphatic heterocycles. The molecule has 2 heterocycles. The second-order valence-electron chi connectivity index (χ2n) is 6.62. The van der Waals surface area contributed by atoms with Gasteiger partial charge >= 0.3 is 6.03 Å². The van der Waals surface area contributed by atoms with E-state index in [1.807, 2.05) is 33.0 Å². The van der Waals surface area contributed by atoms with Crippen molar-refractivity contribution in [3.8, 4) is 11.4 Å². The maximum atomic E-state index is 11.9. The fraction of sp³-hybridized carbons (Fsp3) is 0.471. The van der Waals surface area contributed by atoms with Gasteiger partial charge in [-0.25, -0.2) is 4.79 Å². The first-order chi connectivity index (χ1) is 11.9. The normalized spacial score (nSPS) is 20.8. The lowest BCUT2D eigenvalue weighted by Crippen LogP contribution is -2.45. The van der Waals surface area contributed by atoms with E-state index in [-0.39, 0.29) is 24.2 Å². The van der Waals surface area contributed by atoms with Crippen LogP contribution >= 0.6 is 11.6 Å². The van der Waals surface area contributed by atoms with Gasteiger partial charge in [0.1, 0.15) is 0 Å². The van der Waals surface area contributed by atoms with E-state index in [2.05, 4.69) is 25.7 Å². The number of carbonyl (C=O) groups excluding carboxylic acids is 1. The van der Waals surface area contributed by atoms with Gasteiger partial charge in [-0.3, -0.25) is 4.90 Å². The van der Waals surface area contributed by atoms with Gasteiger partial charge in [0.25, 0.3) is 0 Å². The van der Waals surface area contributed by atoms with E-state index in [0.717, 1.165) is 18.5 Å². The Labute approximate surface area is 151 Å². The first-order valence-electron chi connectivity index (χ1n) is 8.29. The Kier molecular flexibility index (Phi) is 5.24. The number of rotatable bonds is 4. The number of likely N-dealkylation sites (tertiary alicyclic amines) is 1. The third-order valence-corrected chi connectivity index (χ3v) is 4.38. The summed E-state index contributed by atoms with van der Waals surface area (Å²) in [6.45, 7) is 4.59. The summed E-state index contributed by atoms with van der Waals surface area (Å²) in [5.41, 5.74) is 0.853. The monoisotopic (exact) mass is 363 g/mol. The molecule has 1 aliphatic rings. The van der Waals surface area contributed by atoms with Crippen molar-refractivity contribution in [2.75, 3.05) is 13.6 Å². The number of halogens is 1. The smallest absolute Gasteiger partial charge is 0.315 e. The number of aromatic nitrogens is 2. The molecule has 2 aromatic rings. The van der Waals surface area contributed by atoms with Crippen molar-refractivity contribution < 1.29 is 9.32 Å². The van der Waals surface area contributed by atoms with Crippen LogP contribution in [0.25, 0.3) is 11.4 Å². The quantitative estimate of drug-likeness (QED) is 0.872. The van der Waals surface area contributed by atoms with Gasteiger partial charge in [-0.05, 0) is 51.6 Å². The molecular formula is C17H22ClN5O2. The van der Waals surface area contributed by atoms with Gasteiger partial charge in [0.2, 0.25) is 11.7 Å². The minimum Gasteiger partial charge on any atom is -0.337 e. The highest BCUT2D eigenvalue weighted by atomic mass is 35.5. The summed E-state index contributed by atoms with van der Waals surface area (Å²) in [7, 11) is 1.98. The minimum atomic E-state index is -0.151. The highest BCUT2D eigenvalue weighted by Gasteiger charge is 2.35. The third-order valence-electron chi connectivity index (χ3n) is 4.13. The Morgan fingerprint density at radius 2 is 2.08 bits per heavy atom. The van der Waals surface area contributed by atoms with Crippen LogP contribution < -0.4 is 10.6 Å². The van der Waals surface area contributed by atoms with Gasteiger partial charge < -0.3 is 15.2 Å². The molecule has 7 nitrogen and oxygen atoms in total. The molecule has 2 amide bonds. The predicted octanol–water partition coefficient (Wildman–Crippen LogP) is 2.84. The van der Waals surface area contributed by atoms with Gasteiger partial charge in [0.15, 0.2) is 0 Å². The summed E-state index contributed by atoms with van der Waals surface area (Å²) in [6, 6.07) is 7.28. The second-order valence-corrected chi connectivity index (χ2v) is 7.06. The first-order valence-corrected chi connectivity index (χ1v) is 8.67. The fourth-order valence-electron chi connectivity index (χ4n) is 2.97. The van der Waals surface area contributed by atoms with Crippen molar-refractivity contribution in [2.24, 2.45) is 0 Å². The Hall–Kier alpha value is -2.12. The SMILES string of the molecule is CC(C)NC(=O)NC1CC(c2nc(-c3ccc(Cl)cc3)no2)N(C)C1. The van der Waals surface area contributed by atoms with Gasteiger partial charge in [-0.2, -0.15) is 4.98 Å². The van der Waals surface area contributed by atoms with Crippen molar-refractivity contribution in [3.05, 3.63) is 35.2 Å². The van der Waals surface area contributed by atoms with Gasteiger partial charge in [0.05, 0.1) is 6.04 Å². The molecule has 3 rings (SSSR count). The molecule has 25 heavy (non-hydrogen) atoms. The summed E-state index contributed by atoms with van der Waals surface area (Å²) >= 11 is 5.91. The van der Waals surface area contributed by atoms with E-state index in [0.29, 0.717) is 16.7 Å². The van der Waals surface area contributed by atoms with Crippen LogP contribution in [-0.4, -0.2) is 46.7 Å². The van der Waals surface area contributed by atoms with Gasteiger partial charge in [-0.15, -0.1) is 0 Å². The molecule has 0 bridgehead atoms. The van der Waals surface area contributed by atoms with Crippen molar-refractivity contribution in [3.63, 3.8) is 0 Å². The molecule has 0 spiro atoms. The van der Waals surface area contributed by atoms with Gasteiger partial charge in [0, 0.05) is 29.2 Å². The molecule has 1 fully saturated rings. The Bertz CT molecular complexity index is 731. The van der Waals surface area contributed by atoms with Crippen LogP contribution in [0.1, 0.15) is 32.2 Å². The molecule has 8 heteroatoms. The topological polar surface area (TPSA) is 83.3 Å². The number of hydrogen-bond donors (Lipinski definition) is 2. The summed E-state index contributed by atoms with van der Waals surface area (Å²) in [6.07, 6.45) is 0.726. The number of benzene rings is 1. The summed E-state index contributed by atoms with van der Waals surface area (Å²) in [5.74, 6) is 1.09. The average molecular weight is 364 g/mol. The number of likely N-dealkylation sites (N-methyl/N-ethyl adjacent to an activating group) is 1. The lowest BCUT2D eigenvalue weighted by molar-refractivity contribution is 0.234. The standard InChI is InChI=1S/C17H22ClN5O2/c1-10(2)19-17(24)20-13-8-14(23(3)9-13)16-21-15(22-25-16)11-4-6-12(18)7-5-11/h4-7,10,13-14H,8-9H2,1-3H3,(H2,19,20,24). The van der Waals surface area contributed by atoms with Gasteiger partial charge in [-0.1, -0.05) is 16.8 Å². The van der Waals surface area contributed by atoms with Crippen LogP contribution in [0, 0.1) is 0 Å². The molecule has 2 unspecified atom stereocenters. The molecular weight excluding hydrogens is 342 g/mol. The largest absolute Gasteiger partial charge is 0.337 e. The zero-order valence-corrected chi connectivity index (χ0v) is 15.2. The number of urea groups is 1. The molecule has 0 aliphatic carbocycles. The molecule has 1 aromatic carbocycles. The van der Waals surface area contributed by atoms with Crippen molar-refractivity contribution in [1.82, 2.24) is 25.7 Å². The fourth-order valence-corrected chi connectivity index (χ4v) is 3.09. The van der Waals surface area contributed by atoms with Crippen LogP contribution in [0.5, 0.6) is 0 Å². The second kappa shape index (κ2) is 7.41. The number of hydrogen-bond acceptors (Lipinski definition) is 5. The molecule has 0 saturated carbocycles. The molecule has 1 aromatic heterocycles. The first kappa shape index (κ1) is 17.7. The Balaban J connectivity index is 1.66. The van der Waals surface area contributed by atoms with Crippen molar-refractivity contribution in [1.29, 1.82) is 0 Å². The third kappa shape index (κ3) is 4.29. The van der Waals surface area contributed by atoms with E-state index in [1.54, 1.807) is 12.1 Å². The average Bonchev–Trinajstić information content (AvgIpc) is 3.14. The number of amides is 2. The molecule has 0 radical (unpaired) electrons. The molecule has 1 saturated heterocycles.